The number of benzene rings is 2. The van der Waals surface area contributed by atoms with Crippen molar-refractivity contribution in [2.45, 2.75) is 37.8 Å². The van der Waals surface area contributed by atoms with Crippen LogP contribution < -0.4 is 4.74 Å². The van der Waals surface area contributed by atoms with Gasteiger partial charge in [-0.1, -0.05) is 25.1 Å². The first-order valence-electron chi connectivity index (χ1n) is 10.5. The van der Waals surface area contributed by atoms with Crippen LogP contribution in [0, 0.1) is 11.7 Å². The number of rotatable bonds is 5. The van der Waals surface area contributed by atoms with Gasteiger partial charge in [0, 0.05) is 32.5 Å². The van der Waals surface area contributed by atoms with Gasteiger partial charge in [-0.3, -0.25) is 4.79 Å². The van der Waals surface area contributed by atoms with E-state index < -0.39 is 22.2 Å². The average Bonchev–Trinajstić information content (AvgIpc) is 2.75. The molecule has 0 radical (unpaired) electrons. The first-order valence-corrected chi connectivity index (χ1v) is 11.9. The summed E-state index contributed by atoms with van der Waals surface area (Å²) in [6.07, 6.45) is -0.477. The van der Waals surface area contributed by atoms with Crippen molar-refractivity contribution in [1.82, 2.24) is 9.21 Å². The Bertz CT molecular complexity index is 1070. The van der Waals surface area contributed by atoms with Gasteiger partial charge in [0.25, 0.3) is 0 Å². The zero-order valence-electron chi connectivity index (χ0n) is 18.7. The zero-order chi connectivity index (χ0) is 23.6. The summed E-state index contributed by atoms with van der Waals surface area (Å²) < 4.78 is 47.8. The Kier molecular flexibility index (Phi) is 7.22. The minimum Gasteiger partial charge on any atom is -0.487 e. The number of ether oxygens (including phenoxy) is 1. The number of sulfonamides is 1. The van der Waals surface area contributed by atoms with Gasteiger partial charge in [0.15, 0.2) is 0 Å². The van der Waals surface area contributed by atoms with E-state index in [-0.39, 0.29) is 48.0 Å². The molecule has 0 aromatic heterocycles. The average molecular weight is 465 g/mol. The molecule has 1 heterocycles. The molecule has 0 unspecified atom stereocenters. The van der Waals surface area contributed by atoms with Gasteiger partial charge >= 0.3 is 0 Å². The SMILES string of the molecule is CC(=O)N(C)C[C@@H]1Oc2cc(-c3ccc(F)cc3)ccc2S(=O)(=O)N([C@@H](C)CO)C[C@H]1C. The van der Waals surface area contributed by atoms with Crippen molar-refractivity contribution < 1.29 is 27.4 Å². The summed E-state index contributed by atoms with van der Waals surface area (Å²) in [5.41, 5.74) is 1.39. The van der Waals surface area contributed by atoms with E-state index in [1.165, 1.54) is 34.3 Å². The molecule has 1 N–H and O–H groups in total. The molecule has 3 rings (SSSR count). The van der Waals surface area contributed by atoms with Crippen LogP contribution in [0.2, 0.25) is 0 Å². The van der Waals surface area contributed by atoms with E-state index in [0.29, 0.717) is 11.1 Å². The van der Waals surface area contributed by atoms with Crippen molar-refractivity contribution in [2.75, 3.05) is 26.7 Å². The van der Waals surface area contributed by atoms with Crippen LogP contribution >= 0.6 is 0 Å². The molecule has 3 atom stereocenters. The van der Waals surface area contributed by atoms with Crippen LogP contribution in [-0.4, -0.2) is 67.5 Å². The lowest BCUT2D eigenvalue weighted by Gasteiger charge is -2.37. The molecule has 174 valence electrons. The van der Waals surface area contributed by atoms with E-state index in [1.54, 1.807) is 38.2 Å². The van der Waals surface area contributed by atoms with Gasteiger partial charge in [-0.2, -0.15) is 4.31 Å². The first kappa shape index (κ1) is 24.2. The number of hydrogen-bond donors (Lipinski definition) is 1. The molecule has 2 aromatic carbocycles. The molecular weight excluding hydrogens is 435 g/mol. The number of likely N-dealkylation sites (N-methyl/N-ethyl adjacent to an activating group) is 1. The summed E-state index contributed by atoms with van der Waals surface area (Å²) in [5, 5.41) is 9.69. The number of carbonyl (C=O) groups excluding carboxylic acids is 1. The molecule has 0 saturated carbocycles. The van der Waals surface area contributed by atoms with Gasteiger partial charge in [0.05, 0.1) is 13.2 Å². The minimum atomic E-state index is -3.95. The number of amides is 1. The maximum atomic E-state index is 13.5. The molecule has 0 fully saturated rings. The number of aliphatic hydroxyl groups is 1. The third-order valence-corrected chi connectivity index (χ3v) is 7.86. The van der Waals surface area contributed by atoms with Crippen molar-refractivity contribution in [3.63, 3.8) is 0 Å². The fraction of sp³-hybridized carbons (Fsp3) is 0.435. The van der Waals surface area contributed by atoms with E-state index in [9.17, 15) is 22.7 Å². The highest BCUT2D eigenvalue weighted by atomic mass is 32.2. The Hall–Kier alpha value is -2.49. The maximum Gasteiger partial charge on any atom is 0.247 e. The van der Waals surface area contributed by atoms with Crippen molar-refractivity contribution in [3.05, 3.63) is 48.3 Å². The molecule has 1 amide bonds. The van der Waals surface area contributed by atoms with Crippen molar-refractivity contribution >= 4 is 15.9 Å². The molecule has 0 bridgehead atoms. The highest BCUT2D eigenvalue weighted by Gasteiger charge is 2.38. The molecule has 9 heteroatoms. The molecule has 0 saturated heterocycles. The monoisotopic (exact) mass is 464 g/mol. The summed E-state index contributed by atoms with van der Waals surface area (Å²) >= 11 is 0. The topological polar surface area (TPSA) is 87.2 Å². The van der Waals surface area contributed by atoms with Crippen LogP contribution in [0.5, 0.6) is 5.75 Å². The summed E-state index contributed by atoms with van der Waals surface area (Å²) in [6.45, 7) is 5.06. The Morgan fingerprint density at radius 1 is 1.25 bits per heavy atom. The lowest BCUT2D eigenvalue weighted by atomic mass is 10.0. The summed E-state index contributed by atoms with van der Waals surface area (Å²) in [6, 6.07) is 10.0. The van der Waals surface area contributed by atoms with Gasteiger partial charge in [-0.15, -0.1) is 0 Å². The van der Waals surface area contributed by atoms with E-state index in [1.807, 2.05) is 6.92 Å². The molecule has 1 aliphatic rings. The van der Waals surface area contributed by atoms with E-state index >= 15 is 0 Å². The molecular formula is C23H29FN2O5S. The number of halogens is 1. The number of carbonyl (C=O) groups is 1. The zero-order valence-corrected chi connectivity index (χ0v) is 19.5. The second-order valence-electron chi connectivity index (χ2n) is 8.31. The van der Waals surface area contributed by atoms with Gasteiger partial charge < -0.3 is 14.7 Å². The van der Waals surface area contributed by atoms with Gasteiger partial charge in [0.2, 0.25) is 15.9 Å². The molecule has 1 aliphatic heterocycles. The summed E-state index contributed by atoms with van der Waals surface area (Å²) in [4.78, 5) is 13.3. The predicted molar refractivity (Wildman–Crippen MR) is 119 cm³/mol. The highest BCUT2D eigenvalue weighted by Crippen LogP contribution is 2.36. The molecule has 0 aliphatic carbocycles. The lowest BCUT2D eigenvalue weighted by molar-refractivity contribution is -0.129. The normalized spacial score (nSPS) is 21.6. The van der Waals surface area contributed by atoms with Crippen LogP contribution in [0.3, 0.4) is 0 Å². The van der Waals surface area contributed by atoms with E-state index in [2.05, 4.69) is 0 Å². The second-order valence-corrected chi connectivity index (χ2v) is 10.2. The van der Waals surface area contributed by atoms with E-state index in [0.717, 1.165) is 0 Å². The van der Waals surface area contributed by atoms with Crippen molar-refractivity contribution in [1.29, 1.82) is 0 Å². The van der Waals surface area contributed by atoms with Crippen LogP contribution in [0.25, 0.3) is 11.1 Å². The third kappa shape index (κ3) is 4.95. The quantitative estimate of drug-likeness (QED) is 0.735. The molecule has 2 aromatic rings. The van der Waals surface area contributed by atoms with Crippen LogP contribution in [-0.2, 0) is 14.8 Å². The molecule has 32 heavy (non-hydrogen) atoms. The van der Waals surface area contributed by atoms with E-state index in [4.69, 9.17) is 4.74 Å². The Labute approximate surface area is 188 Å². The van der Waals surface area contributed by atoms with Gasteiger partial charge in [-0.25, -0.2) is 12.8 Å². The number of nitrogens with zero attached hydrogens (tertiary/aromatic N) is 2. The summed E-state index contributed by atoms with van der Waals surface area (Å²) in [7, 11) is -2.29. The maximum absolute atomic E-state index is 13.5. The minimum absolute atomic E-state index is 0.00830. The second kappa shape index (κ2) is 9.56. The number of fused-ring (bicyclic) bond motifs is 1. The van der Waals surface area contributed by atoms with Gasteiger partial charge in [-0.05, 0) is 42.3 Å². The van der Waals surface area contributed by atoms with Crippen LogP contribution in [0.1, 0.15) is 20.8 Å². The molecule has 0 spiro atoms. The van der Waals surface area contributed by atoms with Crippen molar-refractivity contribution in [2.24, 2.45) is 5.92 Å². The largest absolute Gasteiger partial charge is 0.487 e. The first-order chi connectivity index (χ1) is 15.0. The Morgan fingerprint density at radius 2 is 1.88 bits per heavy atom. The lowest BCUT2D eigenvalue weighted by Crippen LogP contribution is -2.50. The smallest absolute Gasteiger partial charge is 0.247 e. The third-order valence-electron chi connectivity index (χ3n) is 5.84. The Morgan fingerprint density at radius 3 is 2.47 bits per heavy atom. The number of aliphatic hydroxyl groups excluding tert-OH is 1. The standard InChI is InChI=1S/C23H29FN2O5S/c1-15-12-26(16(2)14-27)32(29,30)23-10-7-19(18-5-8-20(24)9-6-18)11-21(23)31-22(15)13-25(4)17(3)28/h5-11,15-16,22,27H,12-14H2,1-4H3/t15-,16+,22+/m1/s1. The van der Waals surface area contributed by atoms with Crippen LogP contribution in [0.4, 0.5) is 4.39 Å². The van der Waals surface area contributed by atoms with Crippen LogP contribution in [0.15, 0.2) is 47.4 Å². The van der Waals surface area contributed by atoms with Gasteiger partial charge in [0.1, 0.15) is 22.6 Å². The predicted octanol–water partition coefficient (Wildman–Crippen LogP) is 2.74. The fourth-order valence-corrected chi connectivity index (χ4v) is 5.49. The Balaban J connectivity index is 2.13. The van der Waals surface area contributed by atoms with Crippen molar-refractivity contribution in [3.8, 4) is 16.9 Å². The number of hydrogen-bond acceptors (Lipinski definition) is 5. The highest BCUT2D eigenvalue weighted by molar-refractivity contribution is 7.89. The fourth-order valence-electron chi connectivity index (χ4n) is 3.66. The summed E-state index contributed by atoms with van der Waals surface area (Å²) in [5.74, 6) is -0.594. The molecule has 7 nitrogen and oxygen atoms in total.